The van der Waals surface area contributed by atoms with Crippen LogP contribution in [0.15, 0.2) is 30.3 Å². The maximum atomic E-state index is 9.46. The van der Waals surface area contributed by atoms with Gasteiger partial charge in [0.25, 0.3) is 0 Å². The first-order valence-electron chi connectivity index (χ1n) is 6.30. The highest BCUT2D eigenvalue weighted by molar-refractivity contribution is 5.77. The van der Waals surface area contributed by atoms with E-state index < -0.39 is 0 Å². The van der Waals surface area contributed by atoms with Gasteiger partial charge < -0.3 is 9.64 Å². The zero-order chi connectivity index (χ0) is 14.7. The van der Waals surface area contributed by atoms with Gasteiger partial charge in [-0.3, -0.25) is 0 Å². The fourth-order valence-electron chi connectivity index (χ4n) is 2.09. The van der Waals surface area contributed by atoms with E-state index in [1.807, 2.05) is 56.3 Å². The quantitative estimate of drug-likeness (QED) is 0.857. The van der Waals surface area contributed by atoms with Crippen LogP contribution in [0.5, 0.6) is 5.75 Å². The number of methoxy groups -OCH3 is 1. The number of hydrogen-bond acceptors (Lipinski definition) is 4. The maximum Gasteiger partial charge on any atom is 0.146 e. The van der Waals surface area contributed by atoms with Gasteiger partial charge in [0, 0.05) is 25.4 Å². The molecular formula is C16H17N3O. The first-order valence-corrected chi connectivity index (χ1v) is 6.30. The predicted molar refractivity (Wildman–Crippen MR) is 80.0 cm³/mol. The second-order valence-electron chi connectivity index (χ2n) is 4.74. The average Bonchev–Trinajstić information content (AvgIpc) is 2.46. The Kier molecular flexibility index (Phi) is 3.90. The molecule has 20 heavy (non-hydrogen) atoms. The predicted octanol–water partition coefficient (Wildman–Crippen LogP) is 3.00. The summed E-state index contributed by atoms with van der Waals surface area (Å²) in [6, 6.07) is 11.9. The summed E-state index contributed by atoms with van der Waals surface area (Å²) in [5.74, 6) is 1.49. The molecule has 0 fully saturated rings. The Labute approximate surface area is 119 Å². The molecule has 0 aliphatic heterocycles. The number of aryl methyl sites for hydroxylation is 1. The first-order chi connectivity index (χ1) is 9.56. The molecule has 0 radical (unpaired) electrons. The van der Waals surface area contributed by atoms with E-state index in [0.717, 1.165) is 22.6 Å². The van der Waals surface area contributed by atoms with Crippen molar-refractivity contribution in [1.82, 2.24) is 4.98 Å². The molecule has 0 saturated carbocycles. The Bertz CT molecular complexity index is 655. The third-order valence-corrected chi connectivity index (χ3v) is 3.06. The van der Waals surface area contributed by atoms with Crippen molar-refractivity contribution >= 4 is 5.82 Å². The van der Waals surface area contributed by atoms with Crippen LogP contribution in [0.4, 0.5) is 5.82 Å². The van der Waals surface area contributed by atoms with Crippen LogP contribution in [0.3, 0.4) is 0 Å². The number of benzene rings is 1. The fourth-order valence-corrected chi connectivity index (χ4v) is 2.09. The van der Waals surface area contributed by atoms with E-state index in [4.69, 9.17) is 4.74 Å². The molecule has 4 heteroatoms. The zero-order valence-corrected chi connectivity index (χ0v) is 12.1. The van der Waals surface area contributed by atoms with Gasteiger partial charge in [-0.2, -0.15) is 5.26 Å². The van der Waals surface area contributed by atoms with Gasteiger partial charge in [0.15, 0.2) is 0 Å². The second-order valence-corrected chi connectivity index (χ2v) is 4.74. The van der Waals surface area contributed by atoms with Crippen molar-refractivity contribution in [3.63, 3.8) is 0 Å². The number of pyridine rings is 1. The monoisotopic (exact) mass is 267 g/mol. The molecule has 0 unspecified atom stereocenters. The van der Waals surface area contributed by atoms with Crippen molar-refractivity contribution in [2.75, 3.05) is 26.1 Å². The van der Waals surface area contributed by atoms with Crippen LogP contribution in [0.1, 0.15) is 11.3 Å². The van der Waals surface area contributed by atoms with E-state index in [0.29, 0.717) is 11.4 Å². The number of anilines is 1. The van der Waals surface area contributed by atoms with Crippen molar-refractivity contribution in [2.45, 2.75) is 6.92 Å². The summed E-state index contributed by atoms with van der Waals surface area (Å²) in [7, 11) is 5.41. The molecule has 0 aliphatic carbocycles. The van der Waals surface area contributed by atoms with Crippen molar-refractivity contribution in [1.29, 1.82) is 5.26 Å². The number of hydrogen-bond donors (Lipinski definition) is 0. The van der Waals surface area contributed by atoms with Crippen LogP contribution >= 0.6 is 0 Å². The minimum absolute atomic E-state index is 0.589. The Balaban J connectivity index is 2.63. The molecule has 2 rings (SSSR count). The van der Waals surface area contributed by atoms with Gasteiger partial charge in [-0.15, -0.1) is 0 Å². The van der Waals surface area contributed by atoms with Gasteiger partial charge in [0.1, 0.15) is 23.2 Å². The van der Waals surface area contributed by atoms with E-state index in [2.05, 4.69) is 11.1 Å². The number of ether oxygens (including phenoxy) is 1. The molecule has 102 valence electrons. The van der Waals surface area contributed by atoms with Crippen LogP contribution in [-0.2, 0) is 0 Å². The summed E-state index contributed by atoms with van der Waals surface area (Å²) in [5, 5.41) is 9.46. The molecule has 0 atom stereocenters. The Hall–Kier alpha value is -2.54. The van der Waals surface area contributed by atoms with Gasteiger partial charge in [0.2, 0.25) is 0 Å². The minimum Gasteiger partial charge on any atom is -0.497 e. The van der Waals surface area contributed by atoms with Gasteiger partial charge >= 0.3 is 0 Å². The van der Waals surface area contributed by atoms with Crippen molar-refractivity contribution < 1.29 is 4.74 Å². The van der Waals surface area contributed by atoms with Crippen molar-refractivity contribution in [2.24, 2.45) is 0 Å². The molecular weight excluding hydrogens is 250 g/mol. The Morgan fingerprint density at radius 1 is 1.20 bits per heavy atom. The number of rotatable bonds is 3. The highest BCUT2D eigenvalue weighted by Crippen LogP contribution is 2.30. The third kappa shape index (κ3) is 2.57. The van der Waals surface area contributed by atoms with Crippen LogP contribution in [0.25, 0.3) is 11.1 Å². The maximum absolute atomic E-state index is 9.46. The van der Waals surface area contributed by atoms with Crippen LogP contribution in [0, 0.1) is 18.3 Å². The number of aromatic nitrogens is 1. The van der Waals surface area contributed by atoms with Gasteiger partial charge in [-0.05, 0) is 30.7 Å². The van der Waals surface area contributed by atoms with Gasteiger partial charge in [0.05, 0.1) is 7.11 Å². The Morgan fingerprint density at radius 2 is 1.85 bits per heavy atom. The summed E-state index contributed by atoms with van der Waals surface area (Å²) < 4.78 is 5.16. The molecule has 0 saturated heterocycles. The van der Waals surface area contributed by atoms with E-state index in [-0.39, 0.29) is 0 Å². The first kappa shape index (κ1) is 13.9. The van der Waals surface area contributed by atoms with Crippen molar-refractivity contribution in [3.05, 3.63) is 41.6 Å². The summed E-state index contributed by atoms with van der Waals surface area (Å²) in [6.07, 6.45) is 0. The second kappa shape index (κ2) is 5.62. The van der Waals surface area contributed by atoms with Crippen LogP contribution < -0.4 is 9.64 Å². The average molecular weight is 267 g/mol. The standard InChI is InChI=1S/C16H17N3O/c1-11-9-14(12-5-7-13(20-4)8-6-12)15(10-17)16(18-11)19(2)3/h5-9H,1-4H3. The summed E-state index contributed by atoms with van der Waals surface area (Å²) in [5.41, 5.74) is 3.35. The lowest BCUT2D eigenvalue weighted by atomic mass is 10.00. The van der Waals surface area contributed by atoms with Crippen LogP contribution in [-0.4, -0.2) is 26.2 Å². The summed E-state index contributed by atoms with van der Waals surface area (Å²) >= 11 is 0. The number of nitrogens with zero attached hydrogens (tertiary/aromatic N) is 3. The molecule has 0 bridgehead atoms. The molecule has 0 N–H and O–H groups in total. The SMILES string of the molecule is COc1ccc(-c2cc(C)nc(N(C)C)c2C#N)cc1. The van der Waals surface area contributed by atoms with Gasteiger partial charge in [-0.1, -0.05) is 12.1 Å². The lowest BCUT2D eigenvalue weighted by Gasteiger charge is -2.16. The highest BCUT2D eigenvalue weighted by Gasteiger charge is 2.14. The third-order valence-electron chi connectivity index (χ3n) is 3.06. The Morgan fingerprint density at radius 3 is 2.35 bits per heavy atom. The lowest BCUT2D eigenvalue weighted by molar-refractivity contribution is 0.415. The summed E-state index contributed by atoms with van der Waals surface area (Å²) in [6.45, 7) is 1.93. The fraction of sp³-hybridized carbons (Fsp3) is 0.250. The van der Waals surface area contributed by atoms with E-state index in [1.54, 1.807) is 7.11 Å². The highest BCUT2D eigenvalue weighted by atomic mass is 16.5. The molecule has 0 amide bonds. The smallest absolute Gasteiger partial charge is 0.146 e. The largest absolute Gasteiger partial charge is 0.497 e. The minimum atomic E-state index is 0.589. The van der Waals surface area contributed by atoms with E-state index in [1.165, 1.54) is 0 Å². The van der Waals surface area contributed by atoms with Crippen LogP contribution in [0.2, 0.25) is 0 Å². The number of nitriles is 1. The van der Waals surface area contributed by atoms with Gasteiger partial charge in [-0.25, -0.2) is 4.98 Å². The molecule has 0 aliphatic rings. The van der Waals surface area contributed by atoms with E-state index in [9.17, 15) is 5.26 Å². The molecule has 1 aromatic heterocycles. The van der Waals surface area contributed by atoms with Crippen molar-refractivity contribution in [3.8, 4) is 22.9 Å². The molecule has 0 spiro atoms. The normalized spacial score (nSPS) is 9.95. The molecule has 1 aromatic carbocycles. The summed E-state index contributed by atoms with van der Waals surface area (Å²) in [4.78, 5) is 6.30. The topological polar surface area (TPSA) is 49.1 Å². The lowest BCUT2D eigenvalue weighted by Crippen LogP contribution is -2.13. The van der Waals surface area contributed by atoms with E-state index >= 15 is 0 Å². The molecule has 2 aromatic rings. The zero-order valence-electron chi connectivity index (χ0n) is 12.1. The molecule has 1 heterocycles. The molecule has 4 nitrogen and oxygen atoms in total.